The van der Waals surface area contributed by atoms with Gasteiger partial charge in [-0.15, -0.1) is 0 Å². The van der Waals surface area contributed by atoms with E-state index in [-0.39, 0.29) is 31.1 Å². The van der Waals surface area contributed by atoms with Gasteiger partial charge in [-0.1, -0.05) is 328 Å². The molecule has 0 radical (unpaired) electrons. The molecule has 0 aliphatic carbocycles. The van der Waals surface area contributed by atoms with Crippen LogP contribution in [0.3, 0.4) is 0 Å². The fraction of sp³-hybridized carbons (Fsp3) is 0.925. The van der Waals surface area contributed by atoms with Crippen molar-refractivity contribution in [3.63, 3.8) is 0 Å². The van der Waals surface area contributed by atoms with Gasteiger partial charge in [-0.3, -0.25) is 14.4 Å². The van der Waals surface area contributed by atoms with Crippen molar-refractivity contribution in [2.75, 3.05) is 13.2 Å². The van der Waals surface area contributed by atoms with Crippen LogP contribution in [0.5, 0.6) is 0 Å². The molecule has 73 heavy (non-hydrogen) atoms. The average molecular weight is 1030 g/mol. The first-order valence-electron chi connectivity index (χ1n) is 33.2. The molecule has 0 N–H and O–H groups in total. The third kappa shape index (κ3) is 60.9. The lowest BCUT2D eigenvalue weighted by Gasteiger charge is -2.18. The molecule has 0 rings (SSSR count). The van der Waals surface area contributed by atoms with E-state index >= 15 is 0 Å². The second-order valence-corrected chi connectivity index (χ2v) is 22.7. The van der Waals surface area contributed by atoms with E-state index in [0.717, 1.165) is 64.2 Å². The van der Waals surface area contributed by atoms with E-state index in [1.165, 1.54) is 276 Å². The summed E-state index contributed by atoms with van der Waals surface area (Å²) >= 11 is 0. The van der Waals surface area contributed by atoms with Gasteiger partial charge in [0.2, 0.25) is 0 Å². The van der Waals surface area contributed by atoms with Gasteiger partial charge in [-0.2, -0.15) is 0 Å². The number of allylic oxidation sites excluding steroid dienone is 2. The molecule has 0 aliphatic heterocycles. The summed E-state index contributed by atoms with van der Waals surface area (Å²) in [7, 11) is 0. The summed E-state index contributed by atoms with van der Waals surface area (Å²) in [5.74, 6) is -0.845. The molecule has 0 aromatic rings. The SMILES string of the molecule is CCCCC/C=C\CCCCCCCC(=O)OCC(COC(=O)CCCCCCCCCCCCCCCCCCCCCCCCCCCC)OC(=O)CCCCCCCCCCCCCCCCCCC. The Balaban J connectivity index is 4.17. The van der Waals surface area contributed by atoms with Gasteiger partial charge in [-0.05, 0) is 44.9 Å². The zero-order valence-corrected chi connectivity index (χ0v) is 49.7. The zero-order valence-electron chi connectivity index (χ0n) is 49.7. The van der Waals surface area contributed by atoms with Crippen LogP contribution in [0.25, 0.3) is 0 Å². The molecule has 6 nitrogen and oxygen atoms in total. The van der Waals surface area contributed by atoms with Gasteiger partial charge in [0.15, 0.2) is 6.10 Å². The summed E-state index contributed by atoms with van der Waals surface area (Å²) in [6.07, 6.45) is 73.8. The van der Waals surface area contributed by atoms with Crippen LogP contribution in [-0.2, 0) is 28.6 Å². The summed E-state index contributed by atoms with van der Waals surface area (Å²) in [4.78, 5) is 38.3. The maximum atomic E-state index is 12.9. The Morgan fingerprint density at radius 2 is 0.452 bits per heavy atom. The Labute approximate surface area is 456 Å². The normalized spacial score (nSPS) is 12.0. The largest absolute Gasteiger partial charge is 0.462 e. The maximum absolute atomic E-state index is 12.9. The van der Waals surface area contributed by atoms with E-state index in [1.807, 2.05) is 0 Å². The summed E-state index contributed by atoms with van der Waals surface area (Å²) in [5.41, 5.74) is 0. The van der Waals surface area contributed by atoms with E-state index < -0.39 is 6.10 Å². The molecule has 0 bridgehead atoms. The number of unbranched alkanes of at least 4 members (excludes halogenated alkanes) is 49. The Morgan fingerprint density at radius 3 is 0.712 bits per heavy atom. The fourth-order valence-electron chi connectivity index (χ4n) is 10.3. The van der Waals surface area contributed by atoms with Gasteiger partial charge in [0.25, 0.3) is 0 Å². The molecular weight excluding hydrogens is 901 g/mol. The van der Waals surface area contributed by atoms with E-state index in [0.29, 0.717) is 19.3 Å². The minimum atomic E-state index is -0.768. The monoisotopic (exact) mass is 1030 g/mol. The van der Waals surface area contributed by atoms with E-state index in [1.54, 1.807) is 0 Å². The van der Waals surface area contributed by atoms with Gasteiger partial charge in [0.1, 0.15) is 13.2 Å². The fourth-order valence-corrected chi connectivity index (χ4v) is 10.3. The Hall–Kier alpha value is -1.85. The highest BCUT2D eigenvalue weighted by molar-refractivity contribution is 5.71. The van der Waals surface area contributed by atoms with E-state index in [2.05, 4.69) is 32.9 Å². The molecule has 6 heteroatoms. The summed E-state index contributed by atoms with van der Waals surface area (Å²) in [6, 6.07) is 0. The molecule has 1 unspecified atom stereocenters. The van der Waals surface area contributed by atoms with Crippen molar-refractivity contribution in [2.24, 2.45) is 0 Å². The Kier molecular flexibility index (Phi) is 61.1. The molecule has 0 amide bonds. The van der Waals surface area contributed by atoms with Gasteiger partial charge < -0.3 is 14.2 Å². The number of ether oxygens (including phenoxy) is 3. The van der Waals surface area contributed by atoms with Crippen LogP contribution in [0.4, 0.5) is 0 Å². The van der Waals surface area contributed by atoms with Crippen molar-refractivity contribution in [3.8, 4) is 0 Å². The molecule has 1 atom stereocenters. The Bertz CT molecular complexity index is 1130. The highest BCUT2D eigenvalue weighted by atomic mass is 16.6. The second-order valence-electron chi connectivity index (χ2n) is 22.7. The van der Waals surface area contributed by atoms with Gasteiger partial charge >= 0.3 is 17.9 Å². The zero-order chi connectivity index (χ0) is 52.9. The molecule has 432 valence electrons. The number of carbonyl (C=O) groups excluding carboxylic acids is 3. The van der Waals surface area contributed by atoms with E-state index in [4.69, 9.17) is 14.2 Å². The number of rotatable bonds is 62. The standard InChI is InChI=1S/C67H128O6/c1-4-7-10-13-16-19-22-25-27-29-30-31-32-33-34-35-36-37-39-40-42-45-48-51-54-57-60-66(69)72-63-64(62-71-65(68)59-56-53-50-47-44-24-21-18-15-12-9-6-3)73-67(70)61-58-55-52-49-46-43-41-38-28-26-23-20-17-14-11-8-5-2/h18,21,64H,4-17,19-20,22-63H2,1-3H3/b21-18-. The highest BCUT2D eigenvalue weighted by Gasteiger charge is 2.19. The van der Waals surface area contributed by atoms with Gasteiger partial charge in [0, 0.05) is 19.3 Å². The lowest BCUT2D eigenvalue weighted by molar-refractivity contribution is -0.167. The third-order valence-corrected chi connectivity index (χ3v) is 15.3. The first-order valence-corrected chi connectivity index (χ1v) is 33.2. The van der Waals surface area contributed by atoms with Gasteiger partial charge in [-0.25, -0.2) is 0 Å². The topological polar surface area (TPSA) is 78.9 Å². The van der Waals surface area contributed by atoms with Crippen LogP contribution in [0.1, 0.15) is 380 Å². The van der Waals surface area contributed by atoms with Crippen molar-refractivity contribution < 1.29 is 28.6 Å². The molecule has 0 fully saturated rings. The molecule has 0 saturated carbocycles. The van der Waals surface area contributed by atoms with Crippen LogP contribution in [-0.4, -0.2) is 37.2 Å². The first kappa shape index (κ1) is 71.2. The van der Waals surface area contributed by atoms with Crippen LogP contribution in [0.2, 0.25) is 0 Å². The number of carbonyl (C=O) groups is 3. The molecule has 0 spiro atoms. The van der Waals surface area contributed by atoms with Crippen LogP contribution in [0.15, 0.2) is 12.2 Å². The highest BCUT2D eigenvalue weighted by Crippen LogP contribution is 2.19. The lowest BCUT2D eigenvalue weighted by Crippen LogP contribution is -2.30. The van der Waals surface area contributed by atoms with Crippen molar-refractivity contribution in [1.82, 2.24) is 0 Å². The smallest absolute Gasteiger partial charge is 0.306 e. The minimum Gasteiger partial charge on any atom is -0.462 e. The van der Waals surface area contributed by atoms with Crippen LogP contribution < -0.4 is 0 Å². The van der Waals surface area contributed by atoms with Crippen LogP contribution >= 0.6 is 0 Å². The summed E-state index contributed by atoms with van der Waals surface area (Å²) in [6.45, 7) is 6.69. The minimum absolute atomic E-state index is 0.0660. The summed E-state index contributed by atoms with van der Waals surface area (Å²) in [5, 5.41) is 0. The quantitative estimate of drug-likeness (QED) is 0.0261. The van der Waals surface area contributed by atoms with Crippen molar-refractivity contribution >= 4 is 17.9 Å². The molecule has 0 aromatic carbocycles. The number of hydrogen-bond donors (Lipinski definition) is 0. The predicted octanol–water partition coefficient (Wildman–Crippen LogP) is 22.4. The lowest BCUT2D eigenvalue weighted by atomic mass is 10.0. The second kappa shape index (κ2) is 62.7. The molecule has 0 saturated heterocycles. The third-order valence-electron chi connectivity index (χ3n) is 15.3. The summed E-state index contributed by atoms with van der Waals surface area (Å²) < 4.78 is 16.9. The number of hydrogen-bond acceptors (Lipinski definition) is 6. The average Bonchev–Trinajstić information content (AvgIpc) is 3.39. The number of esters is 3. The Morgan fingerprint density at radius 1 is 0.260 bits per heavy atom. The predicted molar refractivity (Wildman–Crippen MR) is 317 cm³/mol. The van der Waals surface area contributed by atoms with E-state index in [9.17, 15) is 14.4 Å². The maximum Gasteiger partial charge on any atom is 0.306 e. The van der Waals surface area contributed by atoms with Crippen molar-refractivity contribution in [1.29, 1.82) is 0 Å². The van der Waals surface area contributed by atoms with Crippen molar-refractivity contribution in [3.05, 3.63) is 12.2 Å². The van der Waals surface area contributed by atoms with Gasteiger partial charge in [0.05, 0.1) is 0 Å². The molecule has 0 aromatic heterocycles. The molecule has 0 aliphatic rings. The molecular formula is C67H128O6. The van der Waals surface area contributed by atoms with Crippen molar-refractivity contribution in [2.45, 2.75) is 386 Å². The molecule has 0 heterocycles. The van der Waals surface area contributed by atoms with Crippen LogP contribution in [0, 0.1) is 0 Å². The first-order chi connectivity index (χ1) is 36.0.